The van der Waals surface area contributed by atoms with E-state index in [1.807, 2.05) is 0 Å². The quantitative estimate of drug-likeness (QED) is 0.625. The molecule has 1 aromatic heterocycles. The molecule has 8 nitrogen and oxygen atoms in total. The van der Waals surface area contributed by atoms with Crippen LogP contribution in [0.15, 0.2) is 30.3 Å². The van der Waals surface area contributed by atoms with Crippen LogP contribution in [0.5, 0.6) is 0 Å². The van der Waals surface area contributed by atoms with Crippen LogP contribution in [0.2, 0.25) is 0 Å². The summed E-state index contributed by atoms with van der Waals surface area (Å²) in [7, 11) is 0. The number of benzene rings is 1. The van der Waals surface area contributed by atoms with Crippen LogP contribution in [0, 0.1) is 33.1 Å². The monoisotopic (exact) mass is 361 g/mol. The van der Waals surface area contributed by atoms with Crippen LogP contribution in [0.1, 0.15) is 12.6 Å². The first-order chi connectivity index (χ1) is 12.4. The fraction of sp³-hybridized carbons (Fsp3) is 0.188. The van der Waals surface area contributed by atoms with Crippen molar-refractivity contribution in [2.45, 2.75) is 6.92 Å². The molecule has 0 radical (unpaired) electrons. The number of rotatable bonds is 6. The molecule has 10 heteroatoms. The lowest BCUT2D eigenvalue weighted by molar-refractivity contribution is -0.385. The Bertz CT molecular complexity index is 878. The number of anilines is 2. The number of nitrogens with zero attached hydrogens (tertiary/aromatic N) is 4. The van der Waals surface area contributed by atoms with Gasteiger partial charge in [-0.3, -0.25) is 14.9 Å². The van der Waals surface area contributed by atoms with E-state index < -0.39 is 39.5 Å². The molecule has 1 amide bonds. The third kappa shape index (κ3) is 4.07. The van der Waals surface area contributed by atoms with Gasteiger partial charge in [0.15, 0.2) is 0 Å². The summed E-state index contributed by atoms with van der Waals surface area (Å²) in [4.78, 5) is 27.5. The highest BCUT2D eigenvalue weighted by molar-refractivity contribution is 5.94. The molecule has 0 aliphatic rings. The minimum absolute atomic E-state index is 0.152. The molecule has 2 aromatic rings. The van der Waals surface area contributed by atoms with Crippen molar-refractivity contribution in [2.75, 3.05) is 23.3 Å². The maximum Gasteiger partial charge on any atom is 0.305 e. The molecule has 1 N–H and O–H groups in total. The van der Waals surface area contributed by atoms with Crippen LogP contribution in [0.4, 0.5) is 26.0 Å². The lowest BCUT2D eigenvalue weighted by Gasteiger charge is -2.21. The predicted octanol–water partition coefficient (Wildman–Crippen LogP) is 2.60. The maximum absolute atomic E-state index is 13.6. The SMILES string of the molecule is CCN(CC(=O)Nc1c(F)cccc1F)c1ccc([N+](=O)[O-])c(C#N)n1. The van der Waals surface area contributed by atoms with Crippen molar-refractivity contribution < 1.29 is 18.5 Å². The molecule has 0 saturated heterocycles. The molecule has 0 aliphatic carbocycles. The molecular weight excluding hydrogens is 348 g/mol. The summed E-state index contributed by atoms with van der Waals surface area (Å²) in [5.41, 5.74) is -1.42. The number of likely N-dealkylation sites (N-methyl/N-ethyl adjacent to an activating group) is 1. The van der Waals surface area contributed by atoms with Crippen molar-refractivity contribution >= 4 is 23.1 Å². The molecule has 134 valence electrons. The Labute approximate surface area is 146 Å². The highest BCUT2D eigenvalue weighted by Gasteiger charge is 2.20. The zero-order chi connectivity index (χ0) is 19.3. The van der Waals surface area contributed by atoms with Crippen LogP contribution in [0.3, 0.4) is 0 Å². The molecule has 1 heterocycles. The van der Waals surface area contributed by atoms with Crippen LogP contribution >= 0.6 is 0 Å². The fourth-order valence-electron chi connectivity index (χ4n) is 2.17. The molecule has 0 unspecified atom stereocenters. The second-order valence-corrected chi connectivity index (χ2v) is 5.07. The van der Waals surface area contributed by atoms with Gasteiger partial charge in [-0.25, -0.2) is 13.8 Å². The van der Waals surface area contributed by atoms with E-state index in [4.69, 9.17) is 5.26 Å². The van der Waals surface area contributed by atoms with Crippen LogP contribution in [-0.4, -0.2) is 28.9 Å². The van der Waals surface area contributed by atoms with Gasteiger partial charge in [0.25, 0.3) is 0 Å². The molecular formula is C16H13F2N5O3. The number of hydrogen-bond donors (Lipinski definition) is 1. The van der Waals surface area contributed by atoms with Crippen molar-refractivity contribution in [3.63, 3.8) is 0 Å². The first-order valence-corrected chi connectivity index (χ1v) is 7.41. The van der Waals surface area contributed by atoms with Gasteiger partial charge in [-0.2, -0.15) is 5.26 Å². The Morgan fingerprint density at radius 2 is 2.00 bits per heavy atom. The van der Waals surface area contributed by atoms with E-state index in [1.165, 1.54) is 17.0 Å². The lowest BCUT2D eigenvalue weighted by Crippen LogP contribution is -2.34. The summed E-state index contributed by atoms with van der Waals surface area (Å²) in [6.45, 7) is 1.63. The number of carbonyl (C=O) groups is 1. The van der Waals surface area contributed by atoms with Gasteiger partial charge < -0.3 is 10.2 Å². The van der Waals surface area contributed by atoms with Gasteiger partial charge in [-0.1, -0.05) is 6.07 Å². The Balaban J connectivity index is 2.20. The average Bonchev–Trinajstić information content (AvgIpc) is 2.62. The minimum Gasteiger partial charge on any atom is -0.348 e. The Morgan fingerprint density at radius 1 is 1.35 bits per heavy atom. The summed E-state index contributed by atoms with van der Waals surface area (Å²) < 4.78 is 27.2. The average molecular weight is 361 g/mol. The predicted molar refractivity (Wildman–Crippen MR) is 88.5 cm³/mol. The first-order valence-electron chi connectivity index (χ1n) is 7.41. The molecule has 0 saturated carbocycles. The van der Waals surface area contributed by atoms with E-state index in [-0.39, 0.29) is 18.9 Å². The number of carbonyl (C=O) groups excluding carboxylic acids is 1. The number of halogens is 2. The summed E-state index contributed by atoms with van der Waals surface area (Å²) in [6.07, 6.45) is 0. The van der Waals surface area contributed by atoms with Gasteiger partial charge in [-0.15, -0.1) is 0 Å². The molecule has 26 heavy (non-hydrogen) atoms. The Morgan fingerprint density at radius 3 is 2.54 bits per heavy atom. The number of pyridine rings is 1. The summed E-state index contributed by atoms with van der Waals surface area (Å²) in [6, 6.07) is 7.21. The van der Waals surface area contributed by atoms with E-state index in [2.05, 4.69) is 10.3 Å². The van der Waals surface area contributed by atoms with Crippen molar-refractivity contribution in [2.24, 2.45) is 0 Å². The number of amides is 1. The second kappa shape index (κ2) is 7.98. The van der Waals surface area contributed by atoms with Crippen molar-refractivity contribution in [3.05, 3.63) is 57.8 Å². The number of hydrogen-bond acceptors (Lipinski definition) is 6. The summed E-state index contributed by atoms with van der Waals surface area (Å²) in [5.74, 6) is -2.39. The molecule has 0 atom stereocenters. The maximum atomic E-state index is 13.6. The number of nitrogens with one attached hydrogen (secondary N) is 1. The van der Waals surface area contributed by atoms with E-state index in [0.29, 0.717) is 0 Å². The largest absolute Gasteiger partial charge is 0.348 e. The van der Waals surface area contributed by atoms with Gasteiger partial charge >= 0.3 is 5.69 Å². The smallest absolute Gasteiger partial charge is 0.305 e. The summed E-state index contributed by atoms with van der Waals surface area (Å²) >= 11 is 0. The van der Waals surface area contributed by atoms with Crippen molar-refractivity contribution in [1.29, 1.82) is 5.26 Å². The molecule has 1 aromatic carbocycles. The number of nitro groups is 1. The molecule has 0 aliphatic heterocycles. The normalized spacial score (nSPS) is 10.1. The number of nitriles is 1. The Kier molecular flexibility index (Phi) is 5.74. The first kappa shape index (κ1) is 18.7. The molecule has 0 spiro atoms. The number of para-hydroxylation sites is 1. The van der Waals surface area contributed by atoms with E-state index in [0.717, 1.165) is 18.2 Å². The fourth-order valence-corrected chi connectivity index (χ4v) is 2.17. The number of aromatic nitrogens is 1. The standard InChI is InChI=1S/C16H13F2N5O3/c1-2-22(14-7-6-13(23(25)26)12(8-19)20-14)9-15(24)21-16-10(17)4-3-5-11(16)18/h3-7H,2,9H2,1H3,(H,21,24). The molecule has 2 rings (SSSR count). The van der Waals surface area contributed by atoms with Crippen LogP contribution in [-0.2, 0) is 4.79 Å². The lowest BCUT2D eigenvalue weighted by atomic mass is 10.2. The van der Waals surface area contributed by atoms with Gasteiger partial charge in [-0.05, 0) is 25.1 Å². The van der Waals surface area contributed by atoms with Crippen molar-refractivity contribution in [1.82, 2.24) is 4.98 Å². The second-order valence-electron chi connectivity index (χ2n) is 5.07. The van der Waals surface area contributed by atoms with Crippen LogP contribution < -0.4 is 10.2 Å². The highest BCUT2D eigenvalue weighted by Crippen LogP contribution is 2.21. The van der Waals surface area contributed by atoms with Crippen LogP contribution in [0.25, 0.3) is 0 Å². The van der Waals surface area contributed by atoms with Gasteiger partial charge in [0.1, 0.15) is 29.2 Å². The summed E-state index contributed by atoms with van der Waals surface area (Å²) in [5, 5.41) is 22.0. The van der Waals surface area contributed by atoms with Gasteiger partial charge in [0, 0.05) is 12.6 Å². The van der Waals surface area contributed by atoms with E-state index in [9.17, 15) is 23.7 Å². The third-order valence-corrected chi connectivity index (χ3v) is 3.43. The van der Waals surface area contributed by atoms with Gasteiger partial charge in [0.2, 0.25) is 11.6 Å². The third-order valence-electron chi connectivity index (χ3n) is 3.43. The Hall–Kier alpha value is -3.61. The molecule has 0 fully saturated rings. The van der Waals surface area contributed by atoms with Gasteiger partial charge in [0.05, 0.1) is 11.5 Å². The topological polar surface area (TPSA) is 112 Å². The van der Waals surface area contributed by atoms with Crippen molar-refractivity contribution in [3.8, 4) is 6.07 Å². The van der Waals surface area contributed by atoms with E-state index in [1.54, 1.807) is 13.0 Å². The zero-order valence-electron chi connectivity index (χ0n) is 13.6. The van der Waals surface area contributed by atoms with E-state index >= 15 is 0 Å². The minimum atomic E-state index is -0.915. The molecule has 0 bridgehead atoms. The highest BCUT2D eigenvalue weighted by atomic mass is 19.1. The zero-order valence-corrected chi connectivity index (χ0v) is 13.6.